The number of nitrogens with zero attached hydrogens (tertiary/aromatic N) is 1. The molecule has 2 saturated heterocycles. The van der Waals surface area contributed by atoms with Crippen LogP contribution in [0, 0.1) is 23.7 Å². The molecule has 0 aliphatic carbocycles. The van der Waals surface area contributed by atoms with E-state index < -0.39 is 64.3 Å². The number of imide groups is 1. The number of amides is 2. The van der Waals surface area contributed by atoms with Crippen molar-refractivity contribution in [3.63, 3.8) is 0 Å². The van der Waals surface area contributed by atoms with Gasteiger partial charge in [0.2, 0.25) is 5.91 Å². The molecule has 2 amide bonds. The van der Waals surface area contributed by atoms with E-state index in [0.717, 1.165) is 16.2 Å². The minimum absolute atomic E-state index is 0.00382. The van der Waals surface area contributed by atoms with Gasteiger partial charge in [-0.2, -0.15) is 0 Å². The van der Waals surface area contributed by atoms with E-state index in [4.69, 9.17) is 27.8 Å². The Labute approximate surface area is 316 Å². The number of aliphatic hydroxyl groups excluding tert-OH is 1. The third kappa shape index (κ3) is 9.97. The number of epoxide rings is 1. The van der Waals surface area contributed by atoms with Crippen LogP contribution in [0.5, 0.6) is 5.75 Å². The molecule has 12 heteroatoms. The fraction of sp³-hybridized carbons (Fsp3) is 0.750. The molecule has 2 aliphatic heterocycles. The maximum atomic E-state index is 14.3. The molecule has 2 fully saturated rings. The van der Waals surface area contributed by atoms with Crippen LogP contribution in [0.3, 0.4) is 0 Å². The van der Waals surface area contributed by atoms with Crippen LogP contribution in [0.1, 0.15) is 74.8 Å². The Morgan fingerprint density at radius 3 is 2.12 bits per heavy atom. The predicted molar refractivity (Wildman–Crippen MR) is 210 cm³/mol. The van der Waals surface area contributed by atoms with E-state index in [2.05, 4.69) is 81.2 Å². The highest BCUT2D eigenvalue weighted by Crippen LogP contribution is 2.51. The molecule has 0 saturated carbocycles. The molecule has 1 N–H and O–H groups in total. The van der Waals surface area contributed by atoms with Crippen molar-refractivity contribution in [2.24, 2.45) is 23.7 Å². The van der Waals surface area contributed by atoms with Gasteiger partial charge in [-0.3, -0.25) is 4.79 Å². The van der Waals surface area contributed by atoms with E-state index in [-0.39, 0.29) is 41.2 Å². The SMILES string of the molecule is C=C[C@@H](C(=O)N1C(=O)OC[C@H]1C(C)C)[C@@H](O)[C@H](CO[Si](C)(C)C(C)(C)C)[C@H](O[Si](C)(C)C(C)(C)C)[C@]1(C)O[C@@H]1[C@@H](C)COCc1ccc(OC)cc1. The van der Waals surface area contributed by atoms with Crippen molar-refractivity contribution in [2.75, 3.05) is 26.9 Å². The summed E-state index contributed by atoms with van der Waals surface area (Å²) in [6.07, 6.45) is -1.44. The first-order valence-corrected chi connectivity index (χ1v) is 24.6. The van der Waals surface area contributed by atoms with Crippen molar-refractivity contribution in [1.29, 1.82) is 0 Å². The Morgan fingerprint density at radius 2 is 1.62 bits per heavy atom. The molecular formula is C40H69NO9Si2. The number of carbonyl (C=O) groups excluding carboxylic acids is 2. The maximum absolute atomic E-state index is 14.3. The monoisotopic (exact) mass is 763 g/mol. The second-order valence-corrected chi connectivity index (χ2v) is 28.0. The minimum atomic E-state index is -2.51. The van der Waals surface area contributed by atoms with Gasteiger partial charge in [-0.05, 0) is 66.8 Å². The van der Waals surface area contributed by atoms with Gasteiger partial charge in [0.25, 0.3) is 0 Å². The average Bonchev–Trinajstić information content (AvgIpc) is 3.58. The lowest BCUT2D eigenvalue weighted by Crippen LogP contribution is -2.57. The zero-order chi connectivity index (χ0) is 39.6. The minimum Gasteiger partial charge on any atom is -0.497 e. The number of carbonyl (C=O) groups is 2. The number of hydrogen-bond acceptors (Lipinski definition) is 9. The van der Waals surface area contributed by atoms with Crippen molar-refractivity contribution in [3.05, 3.63) is 42.5 Å². The molecule has 1 aromatic rings. The summed E-state index contributed by atoms with van der Waals surface area (Å²) in [5.41, 5.74) is 0.224. The molecule has 0 bridgehead atoms. The summed E-state index contributed by atoms with van der Waals surface area (Å²) in [4.78, 5) is 28.3. The van der Waals surface area contributed by atoms with Gasteiger partial charge >= 0.3 is 6.09 Å². The Bertz CT molecular complexity index is 1370. The molecule has 0 unspecified atom stereocenters. The quantitative estimate of drug-likeness (QED) is 0.0898. The van der Waals surface area contributed by atoms with E-state index >= 15 is 0 Å². The Morgan fingerprint density at radius 1 is 1.04 bits per heavy atom. The Hall–Kier alpha value is -2.07. The van der Waals surface area contributed by atoms with Crippen molar-refractivity contribution in [3.8, 4) is 5.75 Å². The van der Waals surface area contributed by atoms with Crippen LogP contribution >= 0.6 is 0 Å². The maximum Gasteiger partial charge on any atom is 0.417 e. The average molecular weight is 764 g/mol. The predicted octanol–water partition coefficient (Wildman–Crippen LogP) is 8.20. The highest BCUT2D eigenvalue weighted by Gasteiger charge is 2.65. The molecule has 8 atom stereocenters. The summed E-state index contributed by atoms with van der Waals surface area (Å²) in [5, 5.41) is 12.2. The molecule has 3 rings (SSSR count). The molecule has 2 aliphatic rings. The van der Waals surface area contributed by atoms with Gasteiger partial charge in [-0.15, -0.1) is 6.58 Å². The highest BCUT2D eigenvalue weighted by molar-refractivity contribution is 6.74. The fourth-order valence-electron chi connectivity index (χ4n) is 6.32. The topological polar surface area (TPSA) is 116 Å². The van der Waals surface area contributed by atoms with E-state index in [1.54, 1.807) is 7.11 Å². The van der Waals surface area contributed by atoms with Crippen molar-refractivity contribution in [2.45, 2.75) is 142 Å². The summed E-state index contributed by atoms with van der Waals surface area (Å²) in [6, 6.07) is 7.37. The van der Waals surface area contributed by atoms with Gasteiger partial charge in [0, 0.05) is 18.4 Å². The number of hydrogen-bond donors (Lipinski definition) is 1. The van der Waals surface area contributed by atoms with Crippen LogP contribution in [0.2, 0.25) is 36.3 Å². The number of aliphatic hydroxyl groups is 1. The smallest absolute Gasteiger partial charge is 0.417 e. The van der Waals surface area contributed by atoms with Gasteiger partial charge < -0.3 is 32.9 Å². The number of benzene rings is 1. The van der Waals surface area contributed by atoms with E-state index in [1.807, 2.05) is 45.0 Å². The standard InChI is InChI=1S/C40H69NO9Si2/c1-17-30(36(43)41-32(26(2)3)25-47-37(41)44)33(42)31(24-48-51(13,14)38(5,6)7)35(50-52(15,16)39(8,9)10)40(11)34(49-40)27(4)22-46-23-28-18-20-29(45-12)21-19-28/h17-21,26-27,30-35,42H,1,22-25H2,2-16H3/t27-,30+,31-,32-,33+,34+,35-,40+/m0/s1. The summed E-state index contributed by atoms with van der Waals surface area (Å²) in [7, 11) is -3.20. The molecule has 1 aromatic carbocycles. The second kappa shape index (κ2) is 16.7. The van der Waals surface area contributed by atoms with Crippen LogP contribution in [0.25, 0.3) is 0 Å². The number of methoxy groups -OCH3 is 1. The largest absolute Gasteiger partial charge is 0.497 e. The van der Waals surface area contributed by atoms with Crippen LogP contribution in [0.15, 0.2) is 36.9 Å². The Balaban J connectivity index is 2.02. The first-order chi connectivity index (χ1) is 23.8. The molecule has 0 spiro atoms. The Kier molecular flexibility index (Phi) is 14.3. The van der Waals surface area contributed by atoms with Crippen LogP contribution in [-0.4, -0.2) is 95.5 Å². The molecule has 10 nitrogen and oxygen atoms in total. The lowest BCUT2D eigenvalue weighted by atomic mass is 9.79. The van der Waals surface area contributed by atoms with Gasteiger partial charge in [0.1, 0.15) is 18.0 Å². The van der Waals surface area contributed by atoms with Gasteiger partial charge in [0.05, 0.1) is 50.6 Å². The molecular weight excluding hydrogens is 695 g/mol. The zero-order valence-corrected chi connectivity index (χ0v) is 36.7. The zero-order valence-electron chi connectivity index (χ0n) is 34.7. The van der Waals surface area contributed by atoms with Crippen molar-refractivity contribution in [1.82, 2.24) is 4.90 Å². The third-order valence-corrected chi connectivity index (χ3v) is 21.1. The van der Waals surface area contributed by atoms with E-state index in [0.29, 0.717) is 13.2 Å². The number of rotatable bonds is 18. The summed E-state index contributed by atoms with van der Waals surface area (Å²) >= 11 is 0. The van der Waals surface area contributed by atoms with Crippen molar-refractivity contribution < 1.29 is 42.5 Å². The molecule has 2 heterocycles. The van der Waals surface area contributed by atoms with Crippen molar-refractivity contribution >= 4 is 28.6 Å². The lowest BCUT2D eigenvalue weighted by molar-refractivity contribution is -0.139. The van der Waals surface area contributed by atoms with Crippen LogP contribution < -0.4 is 4.74 Å². The first-order valence-electron chi connectivity index (χ1n) is 18.8. The van der Waals surface area contributed by atoms with Crippen LogP contribution in [-0.2, 0) is 34.5 Å². The van der Waals surface area contributed by atoms with Gasteiger partial charge in [0.15, 0.2) is 16.6 Å². The molecule has 296 valence electrons. The highest BCUT2D eigenvalue weighted by atomic mass is 28.4. The fourth-order valence-corrected chi connectivity index (χ4v) is 8.76. The van der Waals surface area contributed by atoms with Gasteiger partial charge in [-0.1, -0.05) is 80.5 Å². The summed E-state index contributed by atoms with van der Waals surface area (Å²) < 4.78 is 37.6. The summed E-state index contributed by atoms with van der Waals surface area (Å²) in [5.74, 6) is -1.59. The van der Waals surface area contributed by atoms with Crippen LogP contribution in [0.4, 0.5) is 4.79 Å². The number of ether oxygens (including phenoxy) is 4. The third-order valence-electron chi connectivity index (χ3n) is 12.1. The second-order valence-electron chi connectivity index (χ2n) is 18.4. The molecule has 52 heavy (non-hydrogen) atoms. The molecule has 0 aromatic heterocycles. The van der Waals surface area contributed by atoms with E-state index in [1.165, 1.54) is 6.08 Å². The van der Waals surface area contributed by atoms with Gasteiger partial charge in [-0.25, -0.2) is 9.69 Å². The molecule has 0 radical (unpaired) electrons. The number of cyclic esters (lactones) is 1. The normalized spacial score (nSPS) is 24.2. The first kappa shape index (κ1) is 44.3. The van der Waals surface area contributed by atoms with E-state index in [9.17, 15) is 14.7 Å². The lowest BCUT2D eigenvalue weighted by Gasteiger charge is -2.46. The summed E-state index contributed by atoms with van der Waals surface area (Å²) in [6.45, 7) is 34.9.